The van der Waals surface area contributed by atoms with Crippen molar-refractivity contribution in [2.24, 2.45) is 4.99 Å². The van der Waals surface area contributed by atoms with E-state index in [2.05, 4.69) is 20.9 Å². The van der Waals surface area contributed by atoms with Gasteiger partial charge in [-0.25, -0.2) is 0 Å². The van der Waals surface area contributed by atoms with E-state index in [1.54, 1.807) is 25.1 Å². The Morgan fingerprint density at radius 2 is 1.73 bits per heavy atom. The predicted octanol–water partition coefficient (Wildman–Crippen LogP) is 1.80. The molecule has 2 aromatic rings. The second-order valence-corrected chi connectivity index (χ2v) is 6.78. The second-order valence-electron chi connectivity index (χ2n) is 6.78. The fourth-order valence-electron chi connectivity index (χ4n) is 3.01. The van der Waals surface area contributed by atoms with Crippen LogP contribution >= 0.6 is 0 Å². The maximum atomic E-state index is 12.6. The second kappa shape index (κ2) is 12.3. The molecule has 2 rings (SSSR count). The Balaban J connectivity index is 1.80. The van der Waals surface area contributed by atoms with Gasteiger partial charge in [0.2, 0.25) is 5.91 Å². The molecule has 0 bridgehead atoms. The predicted molar refractivity (Wildman–Crippen MR) is 120 cm³/mol. The van der Waals surface area contributed by atoms with Crippen LogP contribution in [0.3, 0.4) is 0 Å². The van der Waals surface area contributed by atoms with E-state index in [0.29, 0.717) is 31.2 Å². The molecule has 0 aromatic heterocycles. The average molecular weight is 410 g/mol. The molecule has 0 aliphatic heterocycles. The summed E-state index contributed by atoms with van der Waals surface area (Å²) in [6.45, 7) is 4.01. The van der Waals surface area contributed by atoms with Gasteiger partial charge in [0.1, 0.15) is 0 Å². The summed E-state index contributed by atoms with van der Waals surface area (Å²) in [5, 5.41) is 8.92. The molecule has 0 heterocycles. The van der Waals surface area contributed by atoms with Crippen molar-refractivity contribution in [3.63, 3.8) is 0 Å². The van der Waals surface area contributed by atoms with Gasteiger partial charge in [-0.3, -0.25) is 14.6 Å². The van der Waals surface area contributed by atoms with E-state index in [0.717, 1.165) is 17.5 Å². The molecule has 0 fully saturated rings. The lowest BCUT2D eigenvalue weighted by molar-refractivity contribution is -0.130. The number of aliphatic imine (C=N–C) groups is 1. The highest BCUT2D eigenvalue weighted by molar-refractivity contribution is 5.94. The van der Waals surface area contributed by atoms with Crippen molar-refractivity contribution in [1.29, 1.82) is 0 Å². The molecule has 2 amide bonds. The highest BCUT2D eigenvalue weighted by Crippen LogP contribution is 2.06. The quantitative estimate of drug-likeness (QED) is 0.436. The molecule has 0 atom stereocenters. The van der Waals surface area contributed by atoms with Gasteiger partial charge in [0, 0.05) is 39.3 Å². The van der Waals surface area contributed by atoms with Crippen molar-refractivity contribution < 1.29 is 9.59 Å². The first-order chi connectivity index (χ1) is 14.6. The smallest absolute Gasteiger partial charge is 0.251 e. The van der Waals surface area contributed by atoms with E-state index in [4.69, 9.17) is 0 Å². The zero-order chi connectivity index (χ0) is 21.8. The summed E-state index contributed by atoms with van der Waals surface area (Å²) in [6.07, 6.45) is 0.731. The standard InChI is InChI=1S/C23H31N5O2/c1-4-28(17-19-9-6-5-7-10-19)21(29)16-27-23(25-3)26-14-13-18-11-8-12-20(15-18)22(30)24-2/h5-12,15H,4,13-14,16-17H2,1-3H3,(H,24,30)(H2,25,26,27). The van der Waals surface area contributed by atoms with Crippen molar-refractivity contribution in [1.82, 2.24) is 20.9 Å². The molecule has 0 unspecified atom stereocenters. The van der Waals surface area contributed by atoms with Crippen molar-refractivity contribution in [2.45, 2.75) is 19.9 Å². The highest BCUT2D eigenvalue weighted by Gasteiger charge is 2.12. The normalized spacial score (nSPS) is 11.0. The molecular formula is C23H31N5O2. The van der Waals surface area contributed by atoms with Gasteiger partial charge in [-0.05, 0) is 36.6 Å². The van der Waals surface area contributed by atoms with Crippen LogP contribution in [-0.2, 0) is 17.8 Å². The van der Waals surface area contributed by atoms with Gasteiger partial charge in [-0.15, -0.1) is 0 Å². The average Bonchev–Trinajstić information content (AvgIpc) is 2.79. The van der Waals surface area contributed by atoms with Crippen molar-refractivity contribution >= 4 is 17.8 Å². The molecule has 0 saturated carbocycles. The number of amides is 2. The van der Waals surface area contributed by atoms with Crippen LogP contribution in [0.4, 0.5) is 0 Å². The summed E-state index contributed by atoms with van der Waals surface area (Å²) < 4.78 is 0. The SMILES string of the molecule is CCN(Cc1ccccc1)C(=O)CNC(=NC)NCCc1cccc(C(=O)NC)c1. The lowest BCUT2D eigenvalue weighted by Crippen LogP contribution is -2.44. The van der Waals surface area contributed by atoms with Crippen LogP contribution in [0.5, 0.6) is 0 Å². The van der Waals surface area contributed by atoms with Crippen molar-refractivity contribution in [3.05, 3.63) is 71.3 Å². The molecule has 0 saturated heterocycles. The topological polar surface area (TPSA) is 85.8 Å². The van der Waals surface area contributed by atoms with E-state index in [9.17, 15) is 9.59 Å². The molecule has 3 N–H and O–H groups in total. The number of hydrogen-bond donors (Lipinski definition) is 3. The number of nitrogens with one attached hydrogen (secondary N) is 3. The summed E-state index contributed by atoms with van der Waals surface area (Å²) in [5.41, 5.74) is 2.80. The minimum absolute atomic E-state index is 0.0163. The number of rotatable bonds is 9. The van der Waals surface area contributed by atoms with Crippen LogP contribution in [0.15, 0.2) is 59.6 Å². The Morgan fingerprint density at radius 3 is 2.40 bits per heavy atom. The molecule has 2 aromatic carbocycles. The minimum Gasteiger partial charge on any atom is -0.356 e. The maximum absolute atomic E-state index is 12.6. The molecular weight excluding hydrogens is 378 g/mol. The molecule has 7 nitrogen and oxygen atoms in total. The first-order valence-electron chi connectivity index (χ1n) is 10.1. The van der Waals surface area contributed by atoms with E-state index < -0.39 is 0 Å². The Bertz CT molecular complexity index is 852. The van der Waals surface area contributed by atoms with Crippen LogP contribution in [0.2, 0.25) is 0 Å². The van der Waals surface area contributed by atoms with Gasteiger partial charge in [0.15, 0.2) is 5.96 Å². The summed E-state index contributed by atoms with van der Waals surface area (Å²) >= 11 is 0. The number of nitrogens with zero attached hydrogens (tertiary/aromatic N) is 2. The number of benzene rings is 2. The van der Waals surface area contributed by atoms with Gasteiger partial charge in [-0.1, -0.05) is 42.5 Å². The monoisotopic (exact) mass is 409 g/mol. The summed E-state index contributed by atoms with van der Waals surface area (Å²) in [5.74, 6) is 0.487. The number of carbonyl (C=O) groups excluding carboxylic acids is 2. The largest absolute Gasteiger partial charge is 0.356 e. The van der Waals surface area contributed by atoms with Crippen molar-refractivity contribution in [3.8, 4) is 0 Å². The lowest BCUT2D eigenvalue weighted by atomic mass is 10.1. The van der Waals surface area contributed by atoms with Gasteiger partial charge in [0.25, 0.3) is 5.91 Å². The van der Waals surface area contributed by atoms with E-state index in [-0.39, 0.29) is 18.4 Å². The lowest BCUT2D eigenvalue weighted by Gasteiger charge is -2.22. The summed E-state index contributed by atoms with van der Waals surface area (Å²) in [6, 6.07) is 17.5. The minimum atomic E-state index is -0.100. The van der Waals surface area contributed by atoms with Gasteiger partial charge in [0.05, 0.1) is 6.54 Å². The highest BCUT2D eigenvalue weighted by atomic mass is 16.2. The van der Waals surface area contributed by atoms with Crippen LogP contribution in [-0.4, -0.2) is 56.4 Å². The molecule has 7 heteroatoms. The molecule has 160 valence electrons. The van der Waals surface area contributed by atoms with E-state index in [1.165, 1.54) is 0 Å². The van der Waals surface area contributed by atoms with Crippen LogP contribution in [0.1, 0.15) is 28.4 Å². The third kappa shape index (κ3) is 7.24. The fraction of sp³-hybridized carbons (Fsp3) is 0.348. The Hall–Kier alpha value is -3.35. The van der Waals surface area contributed by atoms with Gasteiger partial charge >= 0.3 is 0 Å². The number of carbonyl (C=O) groups is 2. The summed E-state index contributed by atoms with van der Waals surface area (Å²) in [4.78, 5) is 30.3. The van der Waals surface area contributed by atoms with Crippen LogP contribution < -0.4 is 16.0 Å². The summed E-state index contributed by atoms with van der Waals surface area (Å²) in [7, 11) is 3.29. The molecule has 0 radical (unpaired) electrons. The fourth-order valence-corrected chi connectivity index (χ4v) is 3.01. The van der Waals surface area contributed by atoms with Crippen molar-refractivity contribution in [2.75, 3.05) is 33.7 Å². The number of hydrogen-bond acceptors (Lipinski definition) is 3. The Labute approximate surface area is 178 Å². The van der Waals surface area contributed by atoms with Crippen LogP contribution in [0.25, 0.3) is 0 Å². The molecule has 30 heavy (non-hydrogen) atoms. The molecule has 0 aliphatic rings. The van der Waals surface area contributed by atoms with Crippen LogP contribution in [0, 0.1) is 0 Å². The zero-order valence-corrected chi connectivity index (χ0v) is 17.9. The first-order valence-corrected chi connectivity index (χ1v) is 10.1. The van der Waals surface area contributed by atoms with Gasteiger partial charge in [-0.2, -0.15) is 0 Å². The number of likely N-dealkylation sites (N-methyl/N-ethyl adjacent to an activating group) is 1. The van der Waals surface area contributed by atoms with E-state index in [1.807, 2.05) is 55.5 Å². The third-order valence-corrected chi connectivity index (χ3v) is 4.70. The zero-order valence-electron chi connectivity index (χ0n) is 17.9. The maximum Gasteiger partial charge on any atom is 0.251 e. The third-order valence-electron chi connectivity index (χ3n) is 4.70. The Kier molecular flexibility index (Phi) is 9.37. The molecule has 0 spiro atoms. The Morgan fingerprint density at radius 1 is 1.00 bits per heavy atom. The van der Waals surface area contributed by atoms with Gasteiger partial charge < -0.3 is 20.9 Å². The first kappa shape index (κ1) is 22.9. The number of guanidine groups is 1. The van der Waals surface area contributed by atoms with E-state index >= 15 is 0 Å². The molecule has 0 aliphatic carbocycles.